The molecule has 7 N–H and O–H groups in total. The van der Waals surface area contributed by atoms with E-state index in [0.717, 1.165) is 12.3 Å². The van der Waals surface area contributed by atoms with Gasteiger partial charge in [-0.15, -0.1) is 0 Å². The zero-order valence-corrected chi connectivity index (χ0v) is 17.7. The molecular formula is C11H17N2O15P3. The molecule has 1 aromatic heterocycles. The second-order valence-corrected chi connectivity index (χ2v) is 10.3. The van der Waals surface area contributed by atoms with Crippen molar-refractivity contribution in [3.05, 3.63) is 39.2 Å². The molecule has 1 aromatic rings. The molecule has 2 unspecified atom stereocenters. The SMILES string of the molecule is C=Cc1cn([C@@H]2O[C@H](COP(=O)(O)OP(=O)(O)OP(=O)(O)O)[C@@H](O)[C@H]2O)c(=O)[nH]c1=O. The molecule has 0 bridgehead atoms. The van der Waals surface area contributed by atoms with Crippen molar-refractivity contribution >= 4 is 29.5 Å². The maximum Gasteiger partial charge on any atom is 0.490 e. The normalized spacial score (nSPS) is 28.1. The first-order valence-electron chi connectivity index (χ1n) is 7.83. The fourth-order valence-corrected chi connectivity index (χ4v) is 5.43. The fourth-order valence-electron chi connectivity index (χ4n) is 2.40. The standard InChI is InChI=1S/C11H17N2O15P3/c1-2-5-3-13(11(17)12-9(5)16)10-8(15)7(14)6(26-10)4-25-30(21,22)28-31(23,24)27-29(18,19)20/h2-3,6-8,10,14-15H,1,4H2,(H,21,22)(H,23,24)(H,12,16,17)(H2,18,19,20)/t6-,7-,8-,10-/m1/s1. The number of nitrogens with one attached hydrogen (secondary N) is 1. The highest BCUT2D eigenvalue weighted by atomic mass is 31.3. The van der Waals surface area contributed by atoms with Crippen LogP contribution < -0.4 is 11.2 Å². The molecule has 0 aromatic carbocycles. The van der Waals surface area contributed by atoms with Crippen molar-refractivity contribution in [2.45, 2.75) is 24.5 Å². The van der Waals surface area contributed by atoms with Crippen LogP contribution in [0.25, 0.3) is 6.08 Å². The molecule has 1 aliphatic heterocycles. The fraction of sp³-hybridized carbons (Fsp3) is 0.455. The Morgan fingerprint density at radius 3 is 2.26 bits per heavy atom. The van der Waals surface area contributed by atoms with Crippen molar-refractivity contribution in [1.29, 1.82) is 0 Å². The van der Waals surface area contributed by atoms with Gasteiger partial charge in [0, 0.05) is 6.20 Å². The van der Waals surface area contributed by atoms with Crippen molar-refractivity contribution in [3.63, 3.8) is 0 Å². The molecule has 31 heavy (non-hydrogen) atoms. The maximum absolute atomic E-state index is 12.0. The molecule has 1 aliphatic rings. The third-order valence-electron chi connectivity index (χ3n) is 3.64. The van der Waals surface area contributed by atoms with E-state index in [1.807, 2.05) is 4.98 Å². The lowest BCUT2D eigenvalue weighted by Gasteiger charge is -2.19. The van der Waals surface area contributed by atoms with E-state index in [1.54, 1.807) is 0 Å². The van der Waals surface area contributed by atoms with Crippen molar-refractivity contribution in [2.75, 3.05) is 6.61 Å². The van der Waals surface area contributed by atoms with Crippen molar-refractivity contribution < 1.29 is 61.4 Å². The summed E-state index contributed by atoms with van der Waals surface area (Å²) in [5.41, 5.74) is -1.89. The van der Waals surface area contributed by atoms with Crippen molar-refractivity contribution in [3.8, 4) is 0 Å². The number of aromatic nitrogens is 2. The molecule has 0 radical (unpaired) electrons. The first-order valence-corrected chi connectivity index (χ1v) is 12.4. The molecule has 0 aliphatic carbocycles. The Bertz CT molecular complexity index is 1090. The summed E-state index contributed by atoms with van der Waals surface area (Å²) >= 11 is 0. The predicted octanol–water partition coefficient (Wildman–Crippen LogP) is -1.86. The molecule has 2 rings (SSSR count). The van der Waals surface area contributed by atoms with Gasteiger partial charge in [0.1, 0.15) is 18.3 Å². The van der Waals surface area contributed by atoms with Gasteiger partial charge in [0.2, 0.25) is 0 Å². The van der Waals surface area contributed by atoms with Crippen LogP contribution in [0.3, 0.4) is 0 Å². The van der Waals surface area contributed by atoms with Gasteiger partial charge in [-0.1, -0.05) is 12.7 Å². The van der Waals surface area contributed by atoms with Crippen LogP contribution in [-0.4, -0.2) is 64.3 Å². The second kappa shape index (κ2) is 9.29. The summed E-state index contributed by atoms with van der Waals surface area (Å²) in [6.07, 6.45) is -4.73. The number of nitrogens with zero attached hydrogens (tertiary/aromatic N) is 1. The first-order chi connectivity index (χ1) is 14.1. The number of phosphoric acid groups is 3. The molecule has 1 saturated heterocycles. The van der Waals surface area contributed by atoms with Gasteiger partial charge in [-0.25, -0.2) is 18.5 Å². The highest BCUT2D eigenvalue weighted by Gasteiger charge is 2.46. The van der Waals surface area contributed by atoms with Crippen LogP contribution >= 0.6 is 23.5 Å². The first kappa shape index (κ1) is 26.0. The number of rotatable bonds is 9. The highest BCUT2D eigenvalue weighted by molar-refractivity contribution is 7.66. The average molecular weight is 510 g/mol. The molecule has 20 heteroatoms. The number of aliphatic hydroxyl groups excluding tert-OH is 2. The minimum Gasteiger partial charge on any atom is -0.387 e. The summed E-state index contributed by atoms with van der Waals surface area (Å²) < 4.78 is 50.9. The lowest BCUT2D eigenvalue weighted by atomic mass is 10.1. The van der Waals surface area contributed by atoms with Gasteiger partial charge in [0.25, 0.3) is 5.56 Å². The van der Waals surface area contributed by atoms with E-state index in [2.05, 4.69) is 19.7 Å². The summed E-state index contributed by atoms with van der Waals surface area (Å²) in [5, 5.41) is 20.2. The third kappa shape index (κ3) is 6.84. The number of hydrogen-bond acceptors (Lipinski definition) is 11. The summed E-state index contributed by atoms with van der Waals surface area (Å²) in [6.45, 7) is 2.30. The van der Waals surface area contributed by atoms with E-state index >= 15 is 0 Å². The van der Waals surface area contributed by atoms with E-state index in [-0.39, 0.29) is 5.56 Å². The quantitative estimate of drug-likeness (QED) is 0.180. The molecule has 6 atom stereocenters. The minimum absolute atomic E-state index is 0.0818. The van der Waals surface area contributed by atoms with Crippen LogP contribution in [0.15, 0.2) is 22.4 Å². The lowest BCUT2D eigenvalue weighted by Crippen LogP contribution is -2.38. The Morgan fingerprint density at radius 2 is 1.71 bits per heavy atom. The Hall–Kier alpha value is -1.29. The van der Waals surface area contributed by atoms with E-state index in [0.29, 0.717) is 4.57 Å². The lowest BCUT2D eigenvalue weighted by molar-refractivity contribution is -0.0542. The molecule has 176 valence electrons. The van der Waals surface area contributed by atoms with Crippen LogP contribution in [0.1, 0.15) is 11.8 Å². The Morgan fingerprint density at radius 1 is 1.10 bits per heavy atom. The van der Waals surface area contributed by atoms with Gasteiger partial charge >= 0.3 is 29.2 Å². The average Bonchev–Trinajstić information content (AvgIpc) is 2.85. The third-order valence-corrected chi connectivity index (χ3v) is 7.45. The number of aromatic amines is 1. The number of ether oxygens (including phenoxy) is 1. The molecular weight excluding hydrogens is 493 g/mol. The van der Waals surface area contributed by atoms with E-state index < -0.39 is 65.9 Å². The number of aliphatic hydroxyl groups is 2. The minimum atomic E-state index is -5.75. The van der Waals surface area contributed by atoms with Gasteiger partial charge in [-0.2, -0.15) is 8.62 Å². The number of H-pyrrole nitrogens is 1. The van der Waals surface area contributed by atoms with E-state index in [9.17, 15) is 38.4 Å². The van der Waals surface area contributed by atoms with Gasteiger partial charge < -0.3 is 34.5 Å². The predicted molar refractivity (Wildman–Crippen MR) is 97.2 cm³/mol. The van der Waals surface area contributed by atoms with Crippen LogP contribution in [-0.2, 0) is 31.6 Å². The second-order valence-electron chi connectivity index (χ2n) is 5.89. The van der Waals surface area contributed by atoms with Gasteiger partial charge in [0.05, 0.1) is 12.2 Å². The topological polar surface area (TPSA) is 264 Å². The van der Waals surface area contributed by atoms with Crippen LogP contribution in [0.5, 0.6) is 0 Å². The van der Waals surface area contributed by atoms with Crippen LogP contribution in [0.2, 0.25) is 0 Å². The van der Waals surface area contributed by atoms with E-state index in [4.69, 9.17) is 19.4 Å². The molecule has 17 nitrogen and oxygen atoms in total. The van der Waals surface area contributed by atoms with Crippen LogP contribution in [0, 0.1) is 0 Å². The van der Waals surface area contributed by atoms with Gasteiger partial charge in [0.15, 0.2) is 6.23 Å². The van der Waals surface area contributed by atoms with E-state index in [1.165, 1.54) is 0 Å². The van der Waals surface area contributed by atoms with Crippen molar-refractivity contribution in [1.82, 2.24) is 9.55 Å². The molecule has 0 spiro atoms. The van der Waals surface area contributed by atoms with Gasteiger partial charge in [-0.3, -0.25) is 18.9 Å². The van der Waals surface area contributed by atoms with Crippen molar-refractivity contribution in [2.24, 2.45) is 0 Å². The summed E-state index contributed by atoms with van der Waals surface area (Å²) in [7, 11) is -16.8. The summed E-state index contributed by atoms with van der Waals surface area (Å²) in [6, 6.07) is 0. The zero-order chi connectivity index (χ0) is 23.8. The number of hydrogen-bond donors (Lipinski definition) is 7. The summed E-state index contributed by atoms with van der Waals surface area (Å²) in [4.78, 5) is 60.9. The smallest absolute Gasteiger partial charge is 0.387 e. The largest absolute Gasteiger partial charge is 0.490 e. The molecule has 0 amide bonds. The van der Waals surface area contributed by atoms with Crippen LogP contribution in [0.4, 0.5) is 0 Å². The molecule has 0 saturated carbocycles. The highest BCUT2D eigenvalue weighted by Crippen LogP contribution is 2.66. The molecule has 1 fully saturated rings. The Balaban J connectivity index is 2.13. The Labute approximate surface area is 171 Å². The zero-order valence-electron chi connectivity index (χ0n) is 15.0. The molecule has 2 heterocycles. The van der Waals surface area contributed by atoms with Gasteiger partial charge in [-0.05, 0) is 0 Å². The maximum atomic E-state index is 12.0. The summed E-state index contributed by atoms with van der Waals surface area (Å²) in [5.74, 6) is 0. The Kier molecular flexibility index (Phi) is 7.78. The monoisotopic (exact) mass is 510 g/mol. The number of phosphoric ester groups is 1.